The number of likely N-dealkylation sites (tertiary alicyclic amines) is 1. The van der Waals surface area contributed by atoms with Crippen molar-refractivity contribution in [3.63, 3.8) is 0 Å². The van der Waals surface area contributed by atoms with Gasteiger partial charge in [0.25, 0.3) is 0 Å². The average molecular weight is 241 g/mol. The maximum absolute atomic E-state index is 5.28. The molecular formula is C12H23N3S. The van der Waals surface area contributed by atoms with Gasteiger partial charge in [0.15, 0.2) is 5.11 Å². The van der Waals surface area contributed by atoms with Gasteiger partial charge in [-0.3, -0.25) is 4.90 Å². The number of rotatable bonds is 5. The van der Waals surface area contributed by atoms with E-state index in [1.54, 1.807) is 0 Å². The quantitative estimate of drug-likeness (QED) is 0.563. The van der Waals surface area contributed by atoms with E-state index in [4.69, 9.17) is 12.2 Å². The third-order valence-corrected chi connectivity index (χ3v) is 3.70. The van der Waals surface area contributed by atoms with Crippen molar-refractivity contribution in [3.8, 4) is 0 Å². The van der Waals surface area contributed by atoms with Gasteiger partial charge in [-0.1, -0.05) is 13.3 Å². The molecule has 1 unspecified atom stereocenters. The molecule has 1 atom stereocenters. The lowest BCUT2D eigenvalue weighted by Crippen LogP contribution is -2.43. The smallest absolute Gasteiger partial charge is 0.166 e. The topological polar surface area (TPSA) is 27.3 Å². The third kappa shape index (κ3) is 3.59. The van der Waals surface area contributed by atoms with Crippen LogP contribution >= 0.6 is 12.2 Å². The van der Waals surface area contributed by atoms with E-state index < -0.39 is 0 Å². The number of hydrogen-bond acceptors (Lipinski definition) is 2. The molecule has 0 spiro atoms. The summed E-state index contributed by atoms with van der Waals surface area (Å²) in [5.41, 5.74) is 0. The Morgan fingerprint density at radius 2 is 2.19 bits per heavy atom. The lowest BCUT2D eigenvalue weighted by Gasteiger charge is -2.17. The summed E-state index contributed by atoms with van der Waals surface area (Å²) in [5.74, 6) is 0. The highest BCUT2D eigenvalue weighted by Crippen LogP contribution is 2.29. The number of thiocarbonyl (C=S) groups is 1. The first-order chi connectivity index (χ1) is 7.79. The van der Waals surface area contributed by atoms with Gasteiger partial charge in [0.1, 0.15) is 0 Å². The molecule has 3 nitrogen and oxygen atoms in total. The average Bonchev–Trinajstić information content (AvgIpc) is 3.01. The van der Waals surface area contributed by atoms with Crippen LogP contribution in [-0.4, -0.2) is 41.7 Å². The summed E-state index contributed by atoms with van der Waals surface area (Å²) in [4.78, 5) is 2.60. The van der Waals surface area contributed by atoms with E-state index in [0.717, 1.165) is 17.7 Å². The molecule has 1 heterocycles. The fourth-order valence-electron chi connectivity index (χ4n) is 2.29. The number of nitrogens with zero attached hydrogens (tertiary/aromatic N) is 1. The molecule has 0 radical (unpaired) electrons. The molecule has 2 aliphatic rings. The van der Waals surface area contributed by atoms with Crippen LogP contribution in [-0.2, 0) is 0 Å². The Morgan fingerprint density at radius 3 is 2.88 bits per heavy atom. The Bertz CT molecular complexity index is 240. The maximum atomic E-state index is 5.28. The lowest BCUT2D eigenvalue weighted by molar-refractivity contribution is 0.321. The van der Waals surface area contributed by atoms with Crippen LogP contribution in [0.1, 0.15) is 39.0 Å². The van der Waals surface area contributed by atoms with Crippen molar-refractivity contribution < 1.29 is 0 Å². The van der Waals surface area contributed by atoms with Gasteiger partial charge in [-0.2, -0.15) is 0 Å². The van der Waals surface area contributed by atoms with Crippen LogP contribution in [0.4, 0.5) is 0 Å². The Labute approximate surface area is 104 Å². The summed E-state index contributed by atoms with van der Waals surface area (Å²) in [6.45, 7) is 5.63. The largest absolute Gasteiger partial charge is 0.363 e. The van der Waals surface area contributed by atoms with Crippen molar-refractivity contribution >= 4 is 17.3 Å². The van der Waals surface area contributed by atoms with Crippen molar-refractivity contribution in [2.24, 2.45) is 0 Å². The van der Waals surface area contributed by atoms with Gasteiger partial charge in [0.05, 0.1) is 0 Å². The molecule has 4 heteroatoms. The molecular weight excluding hydrogens is 218 g/mol. The normalized spacial score (nSPS) is 25.7. The van der Waals surface area contributed by atoms with E-state index in [0.29, 0.717) is 6.04 Å². The van der Waals surface area contributed by atoms with Gasteiger partial charge in [-0.25, -0.2) is 0 Å². The zero-order chi connectivity index (χ0) is 11.4. The first-order valence-corrected chi connectivity index (χ1v) is 6.99. The molecule has 16 heavy (non-hydrogen) atoms. The van der Waals surface area contributed by atoms with Crippen LogP contribution in [0.3, 0.4) is 0 Å². The van der Waals surface area contributed by atoms with E-state index in [1.807, 2.05) is 0 Å². The molecule has 2 rings (SSSR count). The minimum absolute atomic E-state index is 0.572. The molecule has 1 aliphatic carbocycles. The van der Waals surface area contributed by atoms with Gasteiger partial charge < -0.3 is 10.6 Å². The van der Waals surface area contributed by atoms with Crippen molar-refractivity contribution in [2.75, 3.05) is 19.6 Å². The summed E-state index contributed by atoms with van der Waals surface area (Å²) in [5, 5.41) is 7.54. The zero-order valence-corrected chi connectivity index (χ0v) is 11.0. The Hall–Kier alpha value is -0.350. The van der Waals surface area contributed by atoms with Gasteiger partial charge in [0.2, 0.25) is 0 Å². The van der Waals surface area contributed by atoms with E-state index >= 15 is 0 Å². The Morgan fingerprint density at radius 1 is 1.38 bits per heavy atom. The highest BCUT2D eigenvalue weighted by atomic mass is 32.1. The van der Waals surface area contributed by atoms with Crippen molar-refractivity contribution in [1.29, 1.82) is 0 Å². The minimum atomic E-state index is 0.572. The van der Waals surface area contributed by atoms with E-state index in [1.165, 1.54) is 45.2 Å². The first-order valence-electron chi connectivity index (χ1n) is 6.58. The number of hydrogen-bond donors (Lipinski definition) is 2. The van der Waals surface area contributed by atoms with E-state index in [2.05, 4.69) is 22.5 Å². The summed E-state index contributed by atoms with van der Waals surface area (Å²) >= 11 is 5.28. The van der Waals surface area contributed by atoms with Crippen LogP contribution in [0.5, 0.6) is 0 Å². The predicted molar refractivity (Wildman–Crippen MR) is 71.6 cm³/mol. The van der Waals surface area contributed by atoms with Crippen LogP contribution in [0.2, 0.25) is 0 Å². The van der Waals surface area contributed by atoms with E-state index in [9.17, 15) is 0 Å². The fourth-order valence-corrected chi connectivity index (χ4v) is 2.56. The van der Waals surface area contributed by atoms with Crippen molar-refractivity contribution in [3.05, 3.63) is 0 Å². The van der Waals surface area contributed by atoms with Crippen molar-refractivity contribution in [2.45, 2.75) is 51.1 Å². The summed E-state index contributed by atoms with van der Waals surface area (Å²) in [6, 6.07) is 1.47. The highest BCUT2D eigenvalue weighted by Gasteiger charge is 2.34. The second-order valence-corrected chi connectivity index (χ2v) is 5.37. The van der Waals surface area contributed by atoms with Crippen LogP contribution in [0.25, 0.3) is 0 Å². The SMILES string of the molecule is CCCCNC(=S)NC1CCN(C2CC2)C1. The molecule has 92 valence electrons. The minimum Gasteiger partial charge on any atom is -0.363 e. The molecule has 0 aromatic heterocycles. The second-order valence-electron chi connectivity index (χ2n) is 4.97. The standard InChI is InChI=1S/C12H23N3S/c1-2-3-7-13-12(16)14-10-6-8-15(9-10)11-4-5-11/h10-11H,2-9H2,1H3,(H2,13,14,16). The van der Waals surface area contributed by atoms with Gasteiger partial charge in [-0.15, -0.1) is 0 Å². The number of unbranched alkanes of at least 4 members (excludes halogenated alkanes) is 1. The third-order valence-electron chi connectivity index (χ3n) is 3.43. The van der Waals surface area contributed by atoms with Crippen LogP contribution in [0, 0.1) is 0 Å². The molecule has 1 aliphatic heterocycles. The lowest BCUT2D eigenvalue weighted by atomic mass is 10.3. The molecule has 0 amide bonds. The monoisotopic (exact) mass is 241 g/mol. The molecule has 1 saturated heterocycles. The maximum Gasteiger partial charge on any atom is 0.166 e. The molecule has 2 N–H and O–H groups in total. The molecule has 0 aromatic rings. The van der Waals surface area contributed by atoms with Crippen LogP contribution in [0.15, 0.2) is 0 Å². The summed E-state index contributed by atoms with van der Waals surface area (Å²) < 4.78 is 0. The fraction of sp³-hybridized carbons (Fsp3) is 0.917. The zero-order valence-electron chi connectivity index (χ0n) is 10.2. The molecule has 1 saturated carbocycles. The van der Waals surface area contributed by atoms with Crippen LogP contribution < -0.4 is 10.6 Å². The summed E-state index contributed by atoms with van der Waals surface area (Å²) in [6.07, 6.45) is 6.47. The van der Waals surface area contributed by atoms with Crippen molar-refractivity contribution in [1.82, 2.24) is 15.5 Å². The van der Waals surface area contributed by atoms with Gasteiger partial charge >= 0.3 is 0 Å². The highest BCUT2D eigenvalue weighted by molar-refractivity contribution is 7.80. The summed E-state index contributed by atoms with van der Waals surface area (Å²) in [7, 11) is 0. The van der Waals surface area contributed by atoms with E-state index in [-0.39, 0.29) is 0 Å². The molecule has 0 bridgehead atoms. The predicted octanol–water partition coefficient (Wildman–Crippen LogP) is 1.49. The molecule has 0 aromatic carbocycles. The van der Waals surface area contributed by atoms with Gasteiger partial charge in [0, 0.05) is 31.7 Å². The number of nitrogens with one attached hydrogen (secondary N) is 2. The van der Waals surface area contributed by atoms with Gasteiger partial charge in [-0.05, 0) is 37.9 Å². The Kier molecular flexibility index (Phi) is 4.41. The Balaban J connectivity index is 1.60. The second kappa shape index (κ2) is 5.82. The first kappa shape index (κ1) is 12.1. The molecule has 2 fully saturated rings.